The van der Waals surface area contributed by atoms with Crippen molar-refractivity contribution in [2.24, 2.45) is 0 Å². The van der Waals surface area contributed by atoms with E-state index >= 15 is 0 Å². The molecule has 3 rings (SSSR count). The molecule has 0 aliphatic carbocycles. The highest BCUT2D eigenvalue weighted by molar-refractivity contribution is 5.90. The normalized spacial score (nSPS) is 30.5. The summed E-state index contributed by atoms with van der Waals surface area (Å²) in [6, 6.07) is 0.769. The van der Waals surface area contributed by atoms with E-state index < -0.39 is 0 Å². The number of nitrogens with one attached hydrogen (secondary N) is 2. The maximum atomic E-state index is 12.2. The molecule has 7 nitrogen and oxygen atoms in total. The second-order valence-corrected chi connectivity index (χ2v) is 6.13. The van der Waals surface area contributed by atoms with Crippen LogP contribution in [0.3, 0.4) is 0 Å². The highest BCUT2D eigenvalue weighted by Gasteiger charge is 2.27. The number of carbonyl (C=O) groups excluding carboxylic acids is 1. The Morgan fingerprint density at radius 1 is 1.48 bits per heavy atom. The summed E-state index contributed by atoms with van der Waals surface area (Å²) < 4.78 is 5.20. The molecule has 2 N–H and O–H groups in total. The predicted octanol–water partition coefficient (Wildman–Crippen LogP) is 0.707. The molecule has 2 aliphatic heterocycles. The monoisotopic (exact) mass is 293 g/mol. The van der Waals surface area contributed by atoms with E-state index in [9.17, 15) is 4.79 Å². The highest BCUT2D eigenvalue weighted by atomic mass is 16.5. The molecular formula is C14H23N5O2. The van der Waals surface area contributed by atoms with Gasteiger partial charge in [0.05, 0.1) is 6.04 Å². The van der Waals surface area contributed by atoms with E-state index in [2.05, 4.69) is 39.6 Å². The maximum absolute atomic E-state index is 12.2. The van der Waals surface area contributed by atoms with Crippen LogP contribution in [0.2, 0.25) is 0 Å². The molecular weight excluding hydrogens is 270 g/mol. The SMILES string of the molecule is CC1CC(NC(=O)c2noc(C3CCCN3)n2)CCN1C. The second kappa shape index (κ2) is 6.11. The van der Waals surface area contributed by atoms with Crippen LogP contribution in [-0.2, 0) is 0 Å². The van der Waals surface area contributed by atoms with E-state index in [1.807, 2.05) is 0 Å². The van der Waals surface area contributed by atoms with Gasteiger partial charge < -0.3 is 20.1 Å². The Kier molecular flexibility index (Phi) is 4.21. The minimum atomic E-state index is -0.232. The van der Waals surface area contributed by atoms with Crippen LogP contribution in [0.15, 0.2) is 4.52 Å². The van der Waals surface area contributed by atoms with Gasteiger partial charge in [-0.1, -0.05) is 5.16 Å². The molecule has 1 aromatic rings. The zero-order valence-corrected chi connectivity index (χ0v) is 12.6. The van der Waals surface area contributed by atoms with Crippen molar-refractivity contribution < 1.29 is 9.32 Å². The van der Waals surface area contributed by atoms with Gasteiger partial charge in [0.25, 0.3) is 11.7 Å². The molecule has 3 atom stereocenters. The predicted molar refractivity (Wildman–Crippen MR) is 76.9 cm³/mol. The lowest BCUT2D eigenvalue weighted by Crippen LogP contribution is -2.47. The Balaban J connectivity index is 1.58. The Labute approximate surface area is 124 Å². The van der Waals surface area contributed by atoms with Gasteiger partial charge in [-0.3, -0.25) is 4.79 Å². The van der Waals surface area contributed by atoms with Gasteiger partial charge in [0, 0.05) is 18.6 Å². The molecule has 1 aromatic heterocycles. The average molecular weight is 293 g/mol. The first-order chi connectivity index (χ1) is 10.1. The van der Waals surface area contributed by atoms with E-state index in [1.165, 1.54) is 0 Å². The molecule has 2 fully saturated rings. The summed E-state index contributed by atoms with van der Waals surface area (Å²) in [5, 5.41) is 10.1. The van der Waals surface area contributed by atoms with E-state index in [0.717, 1.165) is 38.8 Å². The van der Waals surface area contributed by atoms with E-state index in [-0.39, 0.29) is 23.8 Å². The first-order valence-corrected chi connectivity index (χ1v) is 7.71. The third-order valence-corrected chi connectivity index (χ3v) is 4.55. The number of piperidine rings is 1. The van der Waals surface area contributed by atoms with Crippen molar-refractivity contribution in [3.05, 3.63) is 11.7 Å². The summed E-state index contributed by atoms with van der Waals surface area (Å²) in [6.07, 6.45) is 4.00. The summed E-state index contributed by atoms with van der Waals surface area (Å²) in [5.74, 6) is 0.435. The first kappa shape index (κ1) is 14.5. The molecule has 116 valence electrons. The van der Waals surface area contributed by atoms with Crippen LogP contribution in [-0.4, -0.2) is 53.2 Å². The summed E-state index contributed by atoms with van der Waals surface area (Å²) >= 11 is 0. The molecule has 0 aromatic carbocycles. The van der Waals surface area contributed by atoms with Crippen molar-refractivity contribution in [1.29, 1.82) is 0 Å². The van der Waals surface area contributed by atoms with Gasteiger partial charge in [-0.05, 0) is 46.2 Å². The van der Waals surface area contributed by atoms with E-state index in [1.54, 1.807) is 0 Å². The molecule has 2 aliphatic rings. The molecule has 3 heterocycles. The summed E-state index contributed by atoms with van der Waals surface area (Å²) in [7, 11) is 2.11. The largest absolute Gasteiger partial charge is 0.346 e. The van der Waals surface area contributed by atoms with Crippen LogP contribution in [0.5, 0.6) is 0 Å². The van der Waals surface area contributed by atoms with Crippen molar-refractivity contribution in [1.82, 2.24) is 25.7 Å². The molecule has 7 heteroatoms. The molecule has 3 unspecified atom stereocenters. The number of carbonyl (C=O) groups is 1. The summed E-state index contributed by atoms with van der Waals surface area (Å²) in [4.78, 5) is 18.7. The average Bonchev–Trinajstić information content (AvgIpc) is 3.12. The minimum absolute atomic E-state index is 0.0994. The maximum Gasteiger partial charge on any atom is 0.292 e. The fraction of sp³-hybridized carbons (Fsp3) is 0.786. The van der Waals surface area contributed by atoms with Crippen molar-refractivity contribution >= 4 is 5.91 Å². The van der Waals surface area contributed by atoms with Crippen LogP contribution < -0.4 is 10.6 Å². The van der Waals surface area contributed by atoms with Crippen molar-refractivity contribution in [2.45, 2.75) is 50.7 Å². The Morgan fingerprint density at radius 2 is 2.33 bits per heavy atom. The van der Waals surface area contributed by atoms with E-state index in [0.29, 0.717) is 11.9 Å². The molecule has 0 bridgehead atoms. The number of aromatic nitrogens is 2. The molecule has 2 saturated heterocycles. The van der Waals surface area contributed by atoms with Crippen LogP contribution >= 0.6 is 0 Å². The number of amides is 1. The van der Waals surface area contributed by atoms with Gasteiger partial charge in [0.2, 0.25) is 5.89 Å². The number of hydrogen-bond donors (Lipinski definition) is 2. The number of likely N-dealkylation sites (tertiary alicyclic amines) is 1. The third-order valence-electron chi connectivity index (χ3n) is 4.55. The molecule has 1 amide bonds. The Morgan fingerprint density at radius 3 is 3.05 bits per heavy atom. The second-order valence-electron chi connectivity index (χ2n) is 6.13. The van der Waals surface area contributed by atoms with Gasteiger partial charge in [0.1, 0.15) is 0 Å². The Bertz CT molecular complexity index is 497. The zero-order valence-electron chi connectivity index (χ0n) is 12.6. The number of hydrogen-bond acceptors (Lipinski definition) is 6. The van der Waals surface area contributed by atoms with Gasteiger partial charge in [-0.15, -0.1) is 0 Å². The van der Waals surface area contributed by atoms with Gasteiger partial charge in [0.15, 0.2) is 0 Å². The standard InChI is InChI=1S/C14H23N5O2/c1-9-8-10(5-7-19(9)2)16-13(20)12-17-14(21-18-12)11-4-3-6-15-11/h9-11,15H,3-8H2,1-2H3,(H,16,20). The fourth-order valence-electron chi connectivity index (χ4n) is 3.03. The molecule has 0 spiro atoms. The lowest BCUT2D eigenvalue weighted by molar-refractivity contribution is 0.0883. The van der Waals surface area contributed by atoms with Crippen LogP contribution in [0, 0.1) is 0 Å². The third kappa shape index (κ3) is 3.24. The van der Waals surface area contributed by atoms with Crippen molar-refractivity contribution in [3.63, 3.8) is 0 Å². The topological polar surface area (TPSA) is 83.3 Å². The van der Waals surface area contributed by atoms with Crippen LogP contribution in [0.4, 0.5) is 0 Å². The highest BCUT2D eigenvalue weighted by Crippen LogP contribution is 2.21. The number of rotatable bonds is 3. The smallest absolute Gasteiger partial charge is 0.292 e. The lowest BCUT2D eigenvalue weighted by Gasteiger charge is -2.35. The zero-order chi connectivity index (χ0) is 14.8. The van der Waals surface area contributed by atoms with Gasteiger partial charge in [-0.2, -0.15) is 4.98 Å². The van der Waals surface area contributed by atoms with Crippen molar-refractivity contribution in [2.75, 3.05) is 20.1 Å². The van der Waals surface area contributed by atoms with E-state index in [4.69, 9.17) is 4.52 Å². The van der Waals surface area contributed by atoms with Gasteiger partial charge in [-0.25, -0.2) is 0 Å². The summed E-state index contributed by atoms with van der Waals surface area (Å²) in [6.45, 7) is 4.13. The first-order valence-electron chi connectivity index (χ1n) is 7.71. The number of nitrogens with zero attached hydrogens (tertiary/aromatic N) is 3. The molecule has 0 saturated carbocycles. The summed E-state index contributed by atoms with van der Waals surface area (Å²) in [5.41, 5.74) is 0. The quantitative estimate of drug-likeness (QED) is 0.854. The van der Waals surface area contributed by atoms with Crippen molar-refractivity contribution in [3.8, 4) is 0 Å². The Hall–Kier alpha value is -1.47. The van der Waals surface area contributed by atoms with Gasteiger partial charge >= 0.3 is 0 Å². The van der Waals surface area contributed by atoms with Crippen LogP contribution in [0.1, 0.15) is 55.2 Å². The molecule has 0 radical (unpaired) electrons. The minimum Gasteiger partial charge on any atom is -0.346 e. The molecule has 21 heavy (non-hydrogen) atoms. The fourth-order valence-corrected chi connectivity index (χ4v) is 3.03. The van der Waals surface area contributed by atoms with Crippen LogP contribution in [0.25, 0.3) is 0 Å². The lowest BCUT2D eigenvalue weighted by atomic mass is 9.99.